The number of nitrogens with zero attached hydrogens (tertiary/aromatic N) is 1. The van der Waals surface area contributed by atoms with Gasteiger partial charge in [-0.3, -0.25) is 4.90 Å². The fraction of sp³-hybridized carbons (Fsp3) is 1.00. The second-order valence-electron chi connectivity index (χ2n) is 7.24. The van der Waals surface area contributed by atoms with E-state index in [9.17, 15) is 0 Å². The van der Waals surface area contributed by atoms with Gasteiger partial charge in [-0.25, -0.2) is 0 Å². The molecular formula is C16H34N2. The van der Waals surface area contributed by atoms with Crippen molar-refractivity contribution in [3.05, 3.63) is 0 Å². The van der Waals surface area contributed by atoms with Crippen LogP contribution in [0.2, 0.25) is 0 Å². The largest absolute Gasteiger partial charge is 0.311 e. The van der Waals surface area contributed by atoms with Crippen molar-refractivity contribution in [2.75, 3.05) is 19.6 Å². The van der Waals surface area contributed by atoms with Crippen molar-refractivity contribution >= 4 is 0 Å². The molecule has 108 valence electrons. The van der Waals surface area contributed by atoms with Crippen molar-refractivity contribution in [1.29, 1.82) is 0 Å². The van der Waals surface area contributed by atoms with Gasteiger partial charge in [-0.05, 0) is 24.2 Å². The van der Waals surface area contributed by atoms with Gasteiger partial charge >= 0.3 is 0 Å². The van der Waals surface area contributed by atoms with Crippen molar-refractivity contribution < 1.29 is 0 Å². The van der Waals surface area contributed by atoms with E-state index in [-0.39, 0.29) is 0 Å². The molecule has 2 nitrogen and oxygen atoms in total. The smallest absolute Gasteiger partial charge is 0.0244 e. The third-order valence-electron chi connectivity index (χ3n) is 4.38. The van der Waals surface area contributed by atoms with Crippen LogP contribution in [-0.2, 0) is 0 Å². The summed E-state index contributed by atoms with van der Waals surface area (Å²) in [6.07, 6.45) is 3.94. The summed E-state index contributed by atoms with van der Waals surface area (Å²) >= 11 is 0. The first-order valence-corrected chi connectivity index (χ1v) is 7.85. The van der Waals surface area contributed by atoms with Crippen LogP contribution in [0.5, 0.6) is 0 Å². The zero-order valence-corrected chi connectivity index (χ0v) is 13.4. The zero-order chi connectivity index (χ0) is 13.8. The van der Waals surface area contributed by atoms with E-state index < -0.39 is 0 Å². The predicted octanol–water partition coefficient (Wildman–Crippen LogP) is 3.52. The predicted molar refractivity (Wildman–Crippen MR) is 81.0 cm³/mol. The third kappa shape index (κ3) is 4.55. The summed E-state index contributed by atoms with van der Waals surface area (Å²) in [5.41, 5.74) is 0.366. The lowest BCUT2D eigenvalue weighted by atomic mass is 9.84. The lowest BCUT2D eigenvalue weighted by Crippen LogP contribution is -2.60. The highest BCUT2D eigenvalue weighted by Crippen LogP contribution is 2.25. The topological polar surface area (TPSA) is 15.3 Å². The fourth-order valence-electron chi connectivity index (χ4n) is 3.05. The Balaban J connectivity index is 2.59. The van der Waals surface area contributed by atoms with Gasteiger partial charge in [0.1, 0.15) is 0 Å². The van der Waals surface area contributed by atoms with Gasteiger partial charge in [-0.2, -0.15) is 0 Å². The Hall–Kier alpha value is -0.0800. The van der Waals surface area contributed by atoms with Gasteiger partial charge in [-0.15, -0.1) is 0 Å². The van der Waals surface area contributed by atoms with Crippen LogP contribution in [0.15, 0.2) is 0 Å². The van der Waals surface area contributed by atoms with E-state index in [4.69, 9.17) is 0 Å². The molecule has 1 rings (SSSR count). The first-order valence-electron chi connectivity index (χ1n) is 7.85. The van der Waals surface area contributed by atoms with E-state index in [1.807, 2.05) is 0 Å². The summed E-state index contributed by atoms with van der Waals surface area (Å²) in [4.78, 5) is 2.74. The molecule has 1 heterocycles. The van der Waals surface area contributed by atoms with Crippen molar-refractivity contribution in [3.63, 3.8) is 0 Å². The minimum atomic E-state index is 0.366. The van der Waals surface area contributed by atoms with Crippen LogP contribution in [-0.4, -0.2) is 36.6 Å². The highest BCUT2D eigenvalue weighted by molar-refractivity contribution is 4.91. The van der Waals surface area contributed by atoms with E-state index in [1.165, 1.54) is 32.4 Å². The molecule has 3 unspecified atom stereocenters. The monoisotopic (exact) mass is 254 g/mol. The number of hydrogen-bond acceptors (Lipinski definition) is 2. The first-order chi connectivity index (χ1) is 8.38. The van der Waals surface area contributed by atoms with Gasteiger partial charge in [0, 0.05) is 31.7 Å². The van der Waals surface area contributed by atoms with Crippen molar-refractivity contribution in [2.24, 2.45) is 11.3 Å². The molecule has 1 N–H and O–H groups in total. The molecule has 0 amide bonds. The Morgan fingerprint density at radius 2 is 1.94 bits per heavy atom. The molecule has 0 aromatic heterocycles. The Bertz CT molecular complexity index is 232. The minimum Gasteiger partial charge on any atom is -0.311 e. The van der Waals surface area contributed by atoms with Gasteiger partial charge in [0.05, 0.1) is 0 Å². The fourth-order valence-corrected chi connectivity index (χ4v) is 3.05. The van der Waals surface area contributed by atoms with E-state index in [0.717, 1.165) is 18.5 Å². The lowest BCUT2D eigenvalue weighted by molar-refractivity contribution is 0.0708. The Morgan fingerprint density at radius 3 is 2.44 bits per heavy atom. The summed E-state index contributed by atoms with van der Waals surface area (Å²) in [5.74, 6) is 0.836. The molecule has 0 spiro atoms. The summed E-state index contributed by atoms with van der Waals surface area (Å²) in [6, 6.07) is 1.37. The molecule has 0 aromatic carbocycles. The zero-order valence-electron chi connectivity index (χ0n) is 13.4. The van der Waals surface area contributed by atoms with Crippen LogP contribution in [0.25, 0.3) is 0 Å². The molecule has 2 heteroatoms. The number of nitrogens with one attached hydrogen (secondary N) is 1. The highest BCUT2D eigenvalue weighted by atomic mass is 15.2. The second kappa shape index (κ2) is 6.91. The standard InChI is InChI=1S/C16H34N2/c1-7-9-13(3)11-18-12-15(16(4,5)6)17-10-14(18)8-2/h13-15,17H,7-12H2,1-6H3. The van der Waals surface area contributed by atoms with Gasteiger partial charge in [0.2, 0.25) is 0 Å². The van der Waals surface area contributed by atoms with E-state index >= 15 is 0 Å². The summed E-state index contributed by atoms with van der Waals surface area (Å²) in [7, 11) is 0. The summed E-state index contributed by atoms with van der Waals surface area (Å²) < 4.78 is 0. The van der Waals surface area contributed by atoms with Crippen LogP contribution in [0.3, 0.4) is 0 Å². The van der Waals surface area contributed by atoms with E-state index in [2.05, 4.69) is 51.8 Å². The molecular weight excluding hydrogens is 220 g/mol. The number of piperazine rings is 1. The molecule has 3 atom stereocenters. The molecule has 1 saturated heterocycles. The summed E-state index contributed by atoms with van der Waals surface area (Å²) in [6.45, 7) is 17.7. The van der Waals surface area contributed by atoms with Gasteiger partial charge in [0.15, 0.2) is 0 Å². The normalized spacial score (nSPS) is 28.3. The molecule has 1 aliphatic heterocycles. The molecule has 0 aromatic rings. The maximum Gasteiger partial charge on any atom is 0.0244 e. The van der Waals surface area contributed by atoms with Gasteiger partial charge in [-0.1, -0.05) is 48.0 Å². The van der Waals surface area contributed by atoms with Crippen LogP contribution in [0.4, 0.5) is 0 Å². The maximum absolute atomic E-state index is 3.75. The van der Waals surface area contributed by atoms with Crippen molar-refractivity contribution in [1.82, 2.24) is 10.2 Å². The molecule has 0 saturated carbocycles. The number of rotatable bonds is 5. The minimum absolute atomic E-state index is 0.366. The number of hydrogen-bond donors (Lipinski definition) is 1. The third-order valence-corrected chi connectivity index (χ3v) is 4.38. The van der Waals surface area contributed by atoms with Crippen LogP contribution < -0.4 is 5.32 Å². The van der Waals surface area contributed by atoms with Crippen molar-refractivity contribution in [2.45, 2.75) is 72.9 Å². The first kappa shape index (κ1) is 16.0. The molecule has 1 aliphatic rings. The molecule has 0 bridgehead atoms. The molecule has 18 heavy (non-hydrogen) atoms. The van der Waals surface area contributed by atoms with Gasteiger partial charge < -0.3 is 5.32 Å². The maximum atomic E-state index is 3.75. The quantitative estimate of drug-likeness (QED) is 0.807. The van der Waals surface area contributed by atoms with Gasteiger partial charge in [0.25, 0.3) is 0 Å². The average Bonchev–Trinajstić information content (AvgIpc) is 2.28. The molecule has 0 radical (unpaired) electrons. The molecule has 1 fully saturated rings. The lowest BCUT2D eigenvalue weighted by Gasteiger charge is -2.45. The molecule has 0 aliphatic carbocycles. The highest BCUT2D eigenvalue weighted by Gasteiger charge is 2.33. The second-order valence-corrected chi connectivity index (χ2v) is 7.24. The summed E-state index contributed by atoms with van der Waals surface area (Å²) in [5, 5.41) is 3.75. The van der Waals surface area contributed by atoms with E-state index in [1.54, 1.807) is 0 Å². The van der Waals surface area contributed by atoms with Crippen LogP contribution >= 0.6 is 0 Å². The Kier molecular flexibility index (Phi) is 6.13. The van der Waals surface area contributed by atoms with Crippen molar-refractivity contribution in [3.8, 4) is 0 Å². The van der Waals surface area contributed by atoms with E-state index in [0.29, 0.717) is 11.5 Å². The Labute approximate surface area is 115 Å². The Morgan fingerprint density at radius 1 is 1.28 bits per heavy atom. The van der Waals surface area contributed by atoms with Crippen LogP contribution in [0, 0.1) is 11.3 Å². The van der Waals surface area contributed by atoms with Crippen LogP contribution in [0.1, 0.15) is 60.8 Å². The average molecular weight is 254 g/mol. The SMILES string of the molecule is CCCC(C)CN1CC(C(C)(C)C)NCC1CC.